The van der Waals surface area contributed by atoms with Crippen LogP contribution in [0.15, 0.2) is 36.7 Å². The number of nitrogen functional groups attached to an aromatic ring is 1. The van der Waals surface area contributed by atoms with Crippen molar-refractivity contribution in [1.29, 1.82) is 0 Å². The van der Waals surface area contributed by atoms with E-state index in [4.69, 9.17) is 15.2 Å². The number of nitrogens with one attached hydrogen (secondary N) is 2. The lowest BCUT2D eigenvalue weighted by Gasteiger charge is -2.19. The summed E-state index contributed by atoms with van der Waals surface area (Å²) in [6, 6.07) is 5.99. The molecule has 3 aromatic rings. The molecule has 0 aliphatic heterocycles. The Hall–Kier alpha value is -3.56. The van der Waals surface area contributed by atoms with Gasteiger partial charge in [-0.25, -0.2) is 18.7 Å². The van der Waals surface area contributed by atoms with Gasteiger partial charge < -0.3 is 25.8 Å². The number of rotatable bonds is 7. The molecule has 2 heterocycles. The standard InChI is InChI=1S/C20H25FN6O3/c1-20(2,3)30-19(28)23-7-9-29-16-5-4-14(21)10-13(16)11-24-17-6-8-27-18(26-17)15(22)12-25-27/h4-6,8,10,12H,7,9,11,22H2,1-3H3,(H,23,28)(H,24,26). The second-order valence-corrected chi connectivity index (χ2v) is 7.56. The van der Waals surface area contributed by atoms with E-state index in [1.807, 2.05) is 0 Å². The molecule has 0 aliphatic rings. The molecule has 0 atom stereocenters. The summed E-state index contributed by atoms with van der Waals surface area (Å²) in [4.78, 5) is 16.1. The van der Waals surface area contributed by atoms with E-state index in [9.17, 15) is 9.18 Å². The average Bonchev–Trinajstić information content (AvgIpc) is 3.04. The number of benzene rings is 1. The number of ether oxygens (including phenoxy) is 2. The van der Waals surface area contributed by atoms with E-state index in [2.05, 4.69) is 20.7 Å². The van der Waals surface area contributed by atoms with Gasteiger partial charge in [-0.3, -0.25) is 0 Å². The van der Waals surface area contributed by atoms with E-state index in [1.54, 1.807) is 43.6 Å². The van der Waals surface area contributed by atoms with Gasteiger partial charge in [-0.2, -0.15) is 5.10 Å². The normalized spacial score (nSPS) is 11.3. The van der Waals surface area contributed by atoms with Crippen LogP contribution in [0.25, 0.3) is 5.65 Å². The lowest BCUT2D eigenvalue weighted by molar-refractivity contribution is 0.0520. The van der Waals surface area contributed by atoms with Crippen molar-refractivity contribution in [3.8, 4) is 5.75 Å². The lowest BCUT2D eigenvalue weighted by atomic mass is 10.2. The van der Waals surface area contributed by atoms with Crippen LogP contribution in [0.5, 0.6) is 5.75 Å². The fraction of sp³-hybridized carbons (Fsp3) is 0.350. The molecule has 4 N–H and O–H groups in total. The fourth-order valence-corrected chi connectivity index (χ4v) is 2.63. The van der Waals surface area contributed by atoms with Crippen LogP contribution in [0.3, 0.4) is 0 Å². The minimum absolute atomic E-state index is 0.203. The number of hydrogen-bond acceptors (Lipinski definition) is 7. The summed E-state index contributed by atoms with van der Waals surface area (Å²) in [5.74, 6) is 0.686. The summed E-state index contributed by atoms with van der Waals surface area (Å²) in [6.07, 6.45) is 2.73. The number of carbonyl (C=O) groups is 1. The molecule has 2 aromatic heterocycles. The predicted octanol–water partition coefficient (Wildman–Crippen LogP) is 2.97. The number of carbonyl (C=O) groups excluding carboxylic acids is 1. The van der Waals surface area contributed by atoms with Crippen LogP contribution >= 0.6 is 0 Å². The number of alkyl carbamates (subject to hydrolysis) is 1. The van der Waals surface area contributed by atoms with Crippen molar-refractivity contribution in [3.05, 3.63) is 48.0 Å². The van der Waals surface area contributed by atoms with E-state index in [0.717, 1.165) is 0 Å². The monoisotopic (exact) mass is 416 g/mol. The Balaban J connectivity index is 1.58. The molecule has 0 unspecified atom stereocenters. The third-order valence-corrected chi connectivity index (χ3v) is 3.91. The highest BCUT2D eigenvalue weighted by molar-refractivity contribution is 5.67. The molecule has 0 spiro atoms. The van der Waals surface area contributed by atoms with Gasteiger partial charge in [0.05, 0.1) is 18.4 Å². The molecule has 1 aromatic carbocycles. The molecule has 9 nitrogen and oxygen atoms in total. The van der Waals surface area contributed by atoms with Gasteiger partial charge in [0.15, 0.2) is 5.65 Å². The van der Waals surface area contributed by atoms with Gasteiger partial charge in [0.2, 0.25) is 0 Å². The quantitative estimate of drug-likeness (QED) is 0.507. The van der Waals surface area contributed by atoms with E-state index < -0.39 is 11.7 Å². The SMILES string of the molecule is CC(C)(C)OC(=O)NCCOc1ccc(F)cc1CNc1ccn2ncc(N)c2n1. The van der Waals surface area contributed by atoms with Crippen LogP contribution in [0, 0.1) is 5.82 Å². The van der Waals surface area contributed by atoms with Crippen molar-refractivity contribution in [2.24, 2.45) is 0 Å². The smallest absolute Gasteiger partial charge is 0.407 e. The fourth-order valence-electron chi connectivity index (χ4n) is 2.63. The van der Waals surface area contributed by atoms with Crippen LogP contribution in [0.4, 0.5) is 20.7 Å². The maximum atomic E-state index is 13.7. The zero-order chi connectivity index (χ0) is 21.7. The number of nitrogens with two attached hydrogens (primary N) is 1. The summed E-state index contributed by atoms with van der Waals surface area (Å²) in [7, 11) is 0. The minimum Gasteiger partial charge on any atom is -0.491 e. The maximum Gasteiger partial charge on any atom is 0.407 e. The molecule has 10 heteroatoms. The van der Waals surface area contributed by atoms with Gasteiger partial charge in [-0.15, -0.1) is 0 Å². The highest BCUT2D eigenvalue weighted by Gasteiger charge is 2.15. The van der Waals surface area contributed by atoms with Gasteiger partial charge in [0.25, 0.3) is 0 Å². The maximum absolute atomic E-state index is 13.7. The largest absolute Gasteiger partial charge is 0.491 e. The molecule has 0 radical (unpaired) electrons. The zero-order valence-electron chi connectivity index (χ0n) is 17.1. The Kier molecular flexibility index (Phi) is 6.24. The van der Waals surface area contributed by atoms with E-state index in [0.29, 0.717) is 28.5 Å². The molecule has 0 fully saturated rings. The zero-order valence-corrected chi connectivity index (χ0v) is 17.1. The topological polar surface area (TPSA) is 116 Å². The first-order valence-electron chi connectivity index (χ1n) is 9.43. The lowest BCUT2D eigenvalue weighted by Crippen LogP contribution is -2.34. The van der Waals surface area contributed by atoms with Gasteiger partial charge in [-0.05, 0) is 45.0 Å². The summed E-state index contributed by atoms with van der Waals surface area (Å²) in [5, 5.41) is 9.81. The number of aromatic nitrogens is 3. The molecule has 1 amide bonds. The first-order valence-corrected chi connectivity index (χ1v) is 9.43. The van der Waals surface area contributed by atoms with E-state index in [1.165, 1.54) is 18.3 Å². The van der Waals surface area contributed by atoms with Crippen molar-refractivity contribution in [1.82, 2.24) is 19.9 Å². The first kappa shape index (κ1) is 21.2. The van der Waals surface area contributed by atoms with Crippen LogP contribution in [0.2, 0.25) is 0 Å². The summed E-state index contributed by atoms with van der Waals surface area (Å²) >= 11 is 0. The van der Waals surface area contributed by atoms with E-state index in [-0.39, 0.29) is 25.5 Å². The number of amides is 1. The van der Waals surface area contributed by atoms with Crippen molar-refractivity contribution < 1.29 is 18.7 Å². The van der Waals surface area contributed by atoms with Crippen molar-refractivity contribution in [2.45, 2.75) is 32.9 Å². The predicted molar refractivity (Wildman–Crippen MR) is 111 cm³/mol. The molecule has 3 rings (SSSR count). The van der Waals surface area contributed by atoms with Crippen LogP contribution in [-0.2, 0) is 11.3 Å². The summed E-state index contributed by atoms with van der Waals surface area (Å²) in [6.45, 7) is 6.09. The molecule has 30 heavy (non-hydrogen) atoms. The van der Waals surface area contributed by atoms with Crippen LogP contribution in [-0.4, -0.2) is 39.4 Å². The number of halogens is 1. The Morgan fingerprint density at radius 1 is 1.30 bits per heavy atom. The molecule has 160 valence electrons. The Morgan fingerprint density at radius 2 is 2.10 bits per heavy atom. The number of hydrogen-bond donors (Lipinski definition) is 3. The third-order valence-electron chi connectivity index (χ3n) is 3.91. The minimum atomic E-state index is -0.570. The van der Waals surface area contributed by atoms with Crippen molar-refractivity contribution in [3.63, 3.8) is 0 Å². The van der Waals surface area contributed by atoms with E-state index >= 15 is 0 Å². The van der Waals surface area contributed by atoms with Crippen molar-refractivity contribution >= 4 is 23.2 Å². The van der Waals surface area contributed by atoms with Gasteiger partial charge in [-0.1, -0.05) is 0 Å². The first-order chi connectivity index (χ1) is 14.2. The number of nitrogens with zero attached hydrogens (tertiary/aromatic N) is 3. The number of anilines is 2. The Morgan fingerprint density at radius 3 is 2.87 bits per heavy atom. The highest BCUT2D eigenvalue weighted by Crippen LogP contribution is 2.21. The highest BCUT2D eigenvalue weighted by atomic mass is 19.1. The Bertz CT molecular complexity index is 1030. The molecule has 0 saturated heterocycles. The van der Waals surface area contributed by atoms with Crippen LogP contribution in [0.1, 0.15) is 26.3 Å². The second kappa shape index (κ2) is 8.85. The average molecular weight is 416 g/mol. The van der Waals surface area contributed by atoms with Gasteiger partial charge in [0.1, 0.15) is 29.6 Å². The molecular formula is C20H25FN6O3. The molecule has 0 bridgehead atoms. The molecule has 0 aliphatic carbocycles. The van der Waals surface area contributed by atoms with Gasteiger partial charge in [0, 0.05) is 18.3 Å². The second-order valence-electron chi connectivity index (χ2n) is 7.56. The summed E-state index contributed by atoms with van der Waals surface area (Å²) in [5.41, 5.74) is 6.87. The molecular weight excluding hydrogens is 391 g/mol. The number of fused-ring (bicyclic) bond motifs is 1. The molecule has 0 saturated carbocycles. The summed E-state index contributed by atoms with van der Waals surface area (Å²) < 4.78 is 26.2. The van der Waals surface area contributed by atoms with Gasteiger partial charge >= 0.3 is 6.09 Å². The van der Waals surface area contributed by atoms with Crippen LogP contribution < -0.4 is 21.1 Å². The Labute approximate surface area is 173 Å². The third kappa shape index (κ3) is 5.72. The van der Waals surface area contributed by atoms with Crippen molar-refractivity contribution in [2.75, 3.05) is 24.2 Å².